The van der Waals surface area contributed by atoms with Crippen LogP contribution in [-0.4, -0.2) is 54.8 Å². The molecule has 2 aromatic rings. The Hall–Kier alpha value is -2.43. The van der Waals surface area contributed by atoms with E-state index >= 15 is 0 Å². The Morgan fingerprint density at radius 2 is 2.12 bits per heavy atom. The minimum absolute atomic E-state index is 0.236. The summed E-state index contributed by atoms with van der Waals surface area (Å²) in [5.41, 5.74) is 0.588. The van der Waals surface area contributed by atoms with E-state index in [1.807, 2.05) is 12.1 Å². The highest BCUT2D eigenvalue weighted by atomic mass is 16.5. The van der Waals surface area contributed by atoms with Crippen molar-refractivity contribution in [1.82, 2.24) is 10.2 Å². The number of nitrogens with zero attached hydrogens (tertiary/aromatic N) is 4. The number of hydrogen-bond acceptors (Lipinski definition) is 7. The number of methoxy groups -OCH3 is 1. The predicted molar refractivity (Wildman–Crippen MR) is 92.1 cm³/mol. The van der Waals surface area contributed by atoms with Crippen molar-refractivity contribution in [1.29, 1.82) is 5.26 Å². The van der Waals surface area contributed by atoms with Gasteiger partial charge in [-0.25, -0.2) is 0 Å². The zero-order chi connectivity index (χ0) is 16.9. The number of hydrogen-bond donors (Lipinski definition) is 2. The number of benzene rings is 1. The molecule has 0 atom stereocenters. The maximum absolute atomic E-state index is 9.70. The van der Waals surface area contributed by atoms with Crippen molar-refractivity contribution in [2.45, 2.75) is 18.9 Å². The molecular formula is C17H21N5O2. The van der Waals surface area contributed by atoms with Crippen LogP contribution in [0, 0.1) is 11.3 Å². The van der Waals surface area contributed by atoms with E-state index in [0.717, 1.165) is 42.5 Å². The normalized spacial score (nSPS) is 15.5. The molecule has 1 saturated heterocycles. The molecule has 1 aliphatic rings. The van der Waals surface area contributed by atoms with E-state index in [1.54, 1.807) is 13.2 Å². The molecule has 24 heavy (non-hydrogen) atoms. The molecule has 0 unspecified atom stereocenters. The summed E-state index contributed by atoms with van der Waals surface area (Å²) < 4.78 is 5.05. The van der Waals surface area contributed by atoms with Gasteiger partial charge in [0.25, 0.3) is 0 Å². The first kappa shape index (κ1) is 16.4. The van der Waals surface area contributed by atoms with Crippen molar-refractivity contribution in [3.8, 4) is 6.07 Å². The lowest BCUT2D eigenvalue weighted by Gasteiger charge is -2.31. The lowest BCUT2D eigenvalue weighted by molar-refractivity contribution is 0.145. The molecule has 3 rings (SSSR count). The Kier molecular flexibility index (Phi) is 5.08. The summed E-state index contributed by atoms with van der Waals surface area (Å²) in [7, 11) is 1.65. The molecule has 1 fully saturated rings. The molecule has 126 valence electrons. The number of nitrogens with one attached hydrogen (secondary N) is 1. The third-order valence-electron chi connectivity index (χ3n) is 4.25. The van der Waals surface area contributed by atoms with Crippen molar-refractivity contribution >= 4 is 22.4 Å². The van der Waals surface area contributed by atoms with Crippen molar-refractivity contribution in [3.63, 3.8) is 0 Å². The summed E-state index contributed by atoms with van der Waals surface area (Å²) in [6, 6.07) is 7.72. The fourth-order valence-electron chi connectivity index (χ4n) is 2.92. The van der Waals surface area contributed by atoms with Crippen LogP contribution >= 0.6 is 0 Å². The van der Waals surface area contributed by atoms with Gasteiger partial charge in [0, 0.05) is 37.5 Å². The van der Waals surface area contributed by atoms with Gasteiger partial charge in [-0.2, -0.15) is 5.26 Å². The molecule has 2 heterocycles. The van der Waals surface area contributed by atoms with Gasteiger partial charge >= 0.3 is 0 Å². The third-order valence-corrected chi connectivity index (χ3v) is 4.25. The molecule has 0 radical (unpaired) electrons. The first-order valence-electron chi connectivity index (χ1n) is 8.09. The number of aromatic nitrogens is 2. The van der Waals surface area contributed by atoms with Crippen LogP contribution in [0.4, 0.5) is 11.6 Å². The summed E-state index contributed by atoms with van der Waals surface area (Å²) in [5, 5.41) is 32.6. The molecule has 2 N–H and O–H groups in total. The predicted octanol–water partition coefficient (Wildman–Crippen LogP) is 1.52. The van der Waals surface area contributed by atoms with Crippen molar-refractivity contribution < 1.29 is 9.84 Å². The Balaban J connectivity index is 1.99. The fourth-order valence-corrected chi connectivity index (χ4v) is 2.92. The van der Waals surface area contributed by atoms with E-state index in [1.165, 1.54) is 0 Å². The smallest absolute Gasteiger partial charge is 0.159 e. The molecule has 7 heteroatoms. The van der Waals surface area contributed by atoms with Gasteiger partial charge in [0.1, 0.15) is 0 Å². The molecule has 1 aliphatic heterocycles. The quantitative estimate of drug-likeness (QED) is 0.804. The highest BCUT2D eigenvalue weighted by Gasteiger charge is 2.21. The maximum Gasteiger partial charge on any atom is 0.159 e. The fraction of sp³-hybridized carbons (Fsp3) is 0.471. The lowest BCUT2D eigenvalue weighted by Crippen LogP contribution is -2.36. The zero-order valence-electron chi connectivity index (χ0n) is 13.7. The van der Waals surface area contributed by atoms with Gasteiger partial charge in [0.2, 0.25) is 0 Å². The summed E-state index contributed by atoms with van der Waals surface area (Å²) in [6.45, 7) is 2.68. The topological polar surface area (TPSA) is 94.3 Å². The number of aliphatic hydroxyl groups excluding tert-OH is 1. The largest absolute Gasteiger partial charge is 0.393 e. The number of fused-ring (bicyclic) bond motifs is 1. The average Bonchev–Trinajstić information content (AvgIpc) is 2.62. The van der Waals surface area contributed by atoms with Gasteiger partial charge in [-0.1, -0.05) is 0 Å². The monoisotopic (exact) mass is 327 g/mol. The number of nitriles is 1. The van der Waals surface area contributed by atoms with E-state index in [2.05, 4.69) is 26.5 Å². The third kappa shape index (κ3) is 3.40. The molecule has 1 aromatic heterocycles. The van der Waals surface area contributed by atoms with E-state index in [0.29, 0.717) is 24.5 Å². The van der Waals surface area contributed by atoms with Gasteiger partial charge < -0.3 is 20.1 Å². The van der Waals surface area contributed by atoms with Gasteiger partial charge in [-0.15, -0.1) is 10.2 Å². The first-order valence-corrected chi connectivity index (χ1v) is 8.09. The van der Waals surface area contributed by atoms with E-state index < -0.39 is 0 Å². The minimum atomic E-state index is -0.236. The lowest BCUT2D eigenvalue weighted by atomic mass is 10.1. The van der Waals surface area contributed by atoms with Crippen LogP contribution in [0.3, 0.4) is 0 Å². The van der Waals surface area contributed by atoms with Crippen LogP contribution in [0.1, 0.15) is 18.4 Å². The van der Waals surface area contributed by atoms with Gasteiger partial charge in [-0.05, 0) is 31.0 Å². The van der Waals surface area contributed by atoms with E-state index in [-0.39, 0.29) is 6.10 Å². The second kappa shape index (κ2) is 7.43. The van der Waals surface area contributed by atoms with Gasteiger partial charge in [-0.3, -0.25) is 0 Å². The first-order chi connectivity index (χ1) is 11.7. The molecule has 0 saturated carbocycles. The van der Waals surface area contributed by atoms with E-state index in [4.69, 9.17) is 4.74 Å². The number of piperidine rings is 1. The number of rotatable bonds is 5. The van der Waals surface area contributed by atoms with Crippen molar-refractivity contribution in [2.24, 2.45) is 0 Å². The van der Waals surface area contributed by atoms with Crippen LogP contribution in [0.5, 0.6) is 0 Å². The van der Waals surface area contributed by atoms with Crippen LogP contribution < -0.4 is 10.2 Å². The highest BCUT2D eigenvalue weighted by molar-refractivity contribution is 5.99. The van der Waals surface area contributed by atoms with Crippen LogP contribution in [-0.2, 0) is 4.74 Å². The Labute approximate surface area is 140 Å². The standard InChI is InChI=1S/C17H21N5O2/c1-24-9-6-19-16-15-10-12(11-18)2-3-14(15)17(21-20-16)22-7-4-13(23)5-8-22/h2-3,10,13,23H,4-9H2,1H3,(H,19,20). The molecule has 0 aliphatic carbocycles. The van der Waals surface area contributed by atoms with E-state index in [9.17, 15) is 10.4 Å². The van der Waals surface area contributed by atoms with Gasteiger partial charge in [0.05, 0.1) is 24.3 Å². The second-order valence-corrected chi connectivity index (χ2v) is 5.88. The Bertz CT molecular complexity index is 750. The molecular weight excluding hydrogens is 306 g/mol. The zero-order valence-corrected chi connectivity index (χ0v) is 13.7. The second-order valence-electron chi connectivity index (χ2n) is 5.88. The molecule has 7 nitrogen and oxygen atoms in total. The molecule has 0 bridgehead atoms. The number of anilines is 2. The van der Waals surface area contributed by atoms with Crippen LogP contribution in [0.25, 0.3) is 10.8 Å². The molecule has 0 amide bonds. The van der Waals surface area contributed by atoms with Crippen LogP contribution in [0.2, 0.25) is 0 Å². The Morgan fingerprint density at radius 3 is 2.83 bits per heavy atom. The highest BCUT2D eigenvalue weighted by Crippen LogP contribution is 2.30. The van der Waals surface area contributed by atoms with Crippen molar-refractivity contribution in [3.05, 3.63) is 23.8 Å². The Morgan fingerprint density at radius 1 is 1.33 bits per heavy atom. The molecule has 1 aromatic carbocycles. The summed E-state index contributed by atoms with van der Waals surface area (Å²) >= 11 is 0. The summed E-state index contributed by atoms with van der Waals surface area (Å²) in [6.07, 6.45) is 1.22. The average molecular weight is 327 g/mol. The number of ether oxygens (including phenoxy) is 1. The minimum Gasteiger partial charge on any atom is -0.393 e. The van der Waals surface area contributed by atoms with Gasteiger partial charge in [0.15, 0.2) is 11.6 Å². The van der Waals surface area contributed by atoms with Crippen molar-refractivity contribution in [2.75, 3.05) is 43.6 Å². The SMILES string of the molecule is COCCNc1nnc(N2CCC(O)CC2)c2ccc(C#N)cc12. The summed E-state index contributed by atoms with van der Waals surface area (Å²) in [5.74, 6) is 1.46. The number of aliphatic hydroxyl groups is 1. The van der Waals surface area contributed by atoms with Crippen LogP contribution in [0.15, 0.2) is 18.2 Å². The maximum atomic E-state index is 9.70. The molecule has 0 spiro atoms. The summed E-state index contributed by atoms with van der Waals surface area (Å²) in [4.78, 5) is 2.15.